The Morgan fingerprint density at radius 1 is 0.903 bits per heavy atom. The Morgan fingerprint density at radius 3 is 2.32 bits per heavy atom. The molecule has 0 fully saturated rings. The zero-order chi connectivity index (χ0) is 22.8. The second-order valence-corrected chi connectivity index (χ2v) is 9.82. The van der Waals surface area contributed by atoms with Crippen LogP contribution in [-0.2, 0) is 16.6 Å². The van der Waals surface area contributed by atoms with E-state index in [1.807, 2.05) is 26.0 Å². The Hall–Kier alpha value is -2.54. The van der Waals surface area contributed by atoms with Crippen LogP contribution in [-0.4, -0.2) is 14.3 Å². The van der Waals surface area contributed by atoms with Crippen LogP contribution in [0.15, 0.2) is 59.5 Å². The molecule has 0 aromatic heterocycles. The van der Waals surface area contributed by atoms with Crippen molar-refractivity contribution >= 4 is 44.8 Å². The number of aryl methyl sites for hydroxylation is 3. The lowest BCUT2D eigenvalue weighted by Gasteiger charge is -2.14. The monoisotopic (exact) mass is 476 g/mol. The number of anilines is 1. The van der Waals surface area contributed by atoms with Gasteiger partial charge in [0.25, 0.3) is 15.9 Å². The molecule has 0 atom stereocenters. The second-order valence-electron chi connectivity index (χ2n) is 7.32. The molecule has 8 heteroatoms. The van der Waals surface area contributed by atoms with Crippen LogP contribution in [0.25, 0.3) is 0 Å². The highest BCUT2D eigenvalue weighted by molar-refractivity contribution is 7.92. The average molecular weight is 477 g/mol. The van der Waals surface area contributed by atoms with Gasteiger partial charge in [0.1, 0.15) is 0 Å². The summed E-state index contributed by atoms with van der Waals surface area (Å²) in [5.41, 5.74) is 3.73. The van der Waals surface area contributed by atoms with Gasteiger partial charge in [0.2, 0.25) is 0 Å². The number of halogens is 2. The molecule has 0 spiro atoms. The summed E-state index contributed by atoms with van der Waals surface area (Å²) in [5, 5.41) is 3.71. The lowest BCUT2D eigenvalue weighted by atomic mass is 10.1. The molecule has 0 saturated heterocycles. The molecule has 1 amide bonds. The largest absolute Gasteiger partial charge is 0.348 e. The molecule has 3 aromatic rings. The predicted molar refractivity (Wildman–Crippen MR) is 126 cm³/mol. The van der Waals surface area contributed by atoms with Gasteiger partial charge in [-0.05, 0) is 73.4 Å². The van der Waals surface area contributed by atoms with Crippen molar-refractivity contribution in [2.45, 2.75) is 32.2 Å². The summed E-state index contributed by atoms with van der Waals surface area (Å²) in [6.45, 7) is 5.59. The molecule has 5 nitrogen and oxygen atoms in total. The molecule has 31 heavy (non-hydrogen) atoms. The highest BCUT2D eigenvalue weighted by atomic mass is 35.5. The van der Waals surface area contributed by atoms with Crippen molar-refractivity contribution < 1.29 is 13.2 Å². The minimum absolute atomic E-state index is 0.0468. The highest BCUT2D eigenvalue weighted by Crippen LogP contribution is 2.24. The van der Waals surface area contributed by atoms with Crippen molar-refractivity contribution in [3.63, 3.8) is 0 Å². The van der Waals surface area contributed by atoms with Crippen LogP contribution in [0.4, 0.5) is 5.69 Å². The summed E-state index contributed by atoms with van der Waals surface area (Å²) < 4.78 is 28.7. The zero-order valence-electron chi connectivity index (χ0n) is 17.3. The first-order valence-electron chi connectivity index (χ1n) is 9.49. The third-order valence-corrected chi connectivity index (χ3v) is 6.93. The smallest absolute Gasteiger partial charge is 0.262 e. The van der Waals surface area contributed by atoms with Crippen molar-refractivity contribution in [3.05, 3.63) is 92.5 Å². The quantitative estimate of drug-likeness (QED) is 0.482. The van der Waals surface area contributed by atoms with Gasteiger partial charge in [0.05, 0.1) is 10.6 Å². The van der Waals surface area contributed by atoms with Crippen LogP contribution in [0.2, 0.25) is 10.0 Å². The van der Waals surface area contributed by atoms with Gasteiger partial charge in [-0.15, -0.1) is 0 Å². The summed E-state index contributed by atoms with van der Waals surface area (Å²) in [7, 11) is -3.88. The molecule has 0 aliphatic heterocycles. The molecule has 0 bridgehead atoms. The summed E-state index contributed by atoms with van der Waals surface area (Å²) in [6, 6.07) is 15.1. The zero-order valence-corrected chi connectivity index (χ0v) is 19.6. The minimum Gasteiger partial charge on any atom is -0.348 e. The Labute approximate surface area is 192 Å². The van der Waals surface area contributed by atoms with E-state index in [2.05, 4.69) is 10.0 Å². The van der Waals surface area contributed by atoms with E-state index in [0.717, 1.165) is 11.1 Å². The van der Waals surface area contributed by atoms with Gasteiger partial charge < -0.3 is 5.32 Å². The molecule has 0 aliphatic carbocycles. The number of rotatable bonds is 6. The van der Waals surface area contributed by atoms with Gasteiger partial charge in [0, 0.05) is 22.2 Å². The van der Waals surface area contributed by atoms with E-state index in [4.69, 9.17) is 23.2 Å². The van der Waals surface area contributed by atoms with E-state index in [9.17, 15) is 13.2 Å². The first kappa shape index (κ1) is 23.1. The topological polar surface area (TPSA) is 75.3 Å². The van der Waals surface area contributed by atoms with Gasteiger partial charge in [-0.3, -0.25) is 9.52 Å². The maximum atomic E-state index is 13.0. The first-order valence-corrected chi connectivity index (χ1v) is 11.7. The Bertz CT molecular complexity index is 1260. The Kier molecular flexibility index (Phi) is 6.94. The summed E-state index contributed by atoms with van der Waals surface area (Å²) in [6.07, 6.45) is 0. The van der Waals surface area contributed by atoms with Gasteiger partial charge in [0.15, 0.2) is 0 Å². The lowest BCUT2D eigenvalue weighted by Crippen LogP contribution is -2.24. The number of amides is 1. The second kappa shape index (κ2) is 9.30. The lowest BCUT2D eigenvalue weighted by molar-refractivity contribution is 0.0950. The molecular weight excluding hydrogens is 455 g/mol. The fourth-order valence-electron chi connectivity index (χ4n) is 3.02. The van der Waals surface area contributed by atoms with E-state index in [1.165, 1.54) is 6.07 Å². The van der Waals surface area contributed by atoms with Crippen molar-refractivity contribution in [2.24, 2.45) is 0 Å². The molecule has 0 unspecified atom stereocenters. The van der Waals surface area contributed by atoms with Gasteiger partial charge in [-0.25, -0.2) is 8.42 Å². The first-order chi connectivity index (χ1) is 14.6. The molecule has 3 rings (SSSR count). The molecule has 0 aliphatic rings. The molecule has 162 valence electrons. The summed E-state index contributed by atoms with van der Waals surface area (Å²) >= 11 is 12.0. The fourth-order valence-corrected chi connectivity index (χ4v) is 4.89. The van der Waals surface area contributed by atoms with Crippen molar-refractivity contribution in [3.8, 4) is 0 Å². The highest BCUT2D eigenvalue weighted by Gasteiger charge is 2.20. The number of sulfonamides is 1. The van der Waals surface area contributed by atoms with Crippen molar-refractivity contribution in [2.75, 3.05) is 4.72 Å². The number of carbonyl (C=O) groups excluding carboxylic acids is 1. The fraction of sp³-hybridized carbons (Fsp3) is 0.174. The van der Waals surface area contributed by atoms with Gasteiger partial charge >= 0.3 is 0 Å². The number of carbonyl (C=O) groups is 1. The molecule has 0 saturated carbocycles. The number of benzene rings is 3. The Balaban J connectivity index is 1.83. The number of hydrogen-bond acceptors (Lipinski definition) is 3. The maximum Gasteiger partial charge on any atom is 0.262 e. The van der Waals surface area contributed by atoms with Crippen LogP contribution in [0.3, 0.4) is 0 Å². The number of nitrogens with one attached hydrogen (secondary N) is 2. The molecule has 0 heterocycles. The summed E-state index contributed by atoms with van der Waals surface area (Å²) in [4.78, 5) is 12.7. The van der Waals surface area contributed by atoms with Crippen molar-refractivity contribution in [1.82, 2.24) is 5.32 Å². The standard InChI is InChI=1S/C23H22Cl2N2O3S/c1-14-4-5-15(2)21(10-14)27-31(29,30)22-11-17(7-6-16(22)3)23(28)26-13-18-8-9-19(24)12-20(18)25/h4-12,27H,13H2,1-3H3,(H,26,28). The normalized spacial score (nSPS) is 11.3. The minimum atomic E-state index is -3.88. The van der Waals surface area contributed by atoms with Crippen LogP contribution in [0, 0.1) is 20.8 Å². The molecular formula is C23H22Cl2N2O3S. The molecule has 2 N–H and O–H groups in total. The molecule has 3 aromatic carbocycles. The SMILES string of the molecule is Cc1ccc(C)c(NS(=O)(=O)c2cc(C(=O)NCc3ccc(Cl)cc3Cl)ccc2C)c1. The van der Waals surface area contributed by atoms with Gasteiger partial charge in [-0.1, -0.05) is 47.5 Å². The predicted octanol–water partition coefficient (Wildman–Crippen LogP) is 5.65. The summed E-state index contributed by atoms with van der Waals surface area (Å²) in [5.74, 6) is -0.408. The van der Waals surface area contributed by atoms with Crippen LogP contribution in [0.1, 0.15) is 32.6 Å². The van der Waals surface area contributed by atoms with E-state index in [-0.39, 0.29) is 17.0 Å². The number of hydrogen-bond donors (Lipinski definition) is 2. The van der Waals surface area contributed by atoms with E-state index in [0.29, 0.717) is 26.9 Å². The Morgan fingerprint density at radius 2 is 1.61 bits per heavy atom. The van der Waals surface area contributed by atoms with Crippen LogP contribution < -0.4 is 10.0 Å². The third kappa shape index (κ3) is 5.58. The van der Waals surface area contributed by atoms with E-state index in [1.54, 1.807) is 43.3 Å². The van der Waals surface area contributed by atoms with Crippen LogP contribution >= 0.6 is 23.2 Å². The van der Waals surface area contributed by atoms with E-state index < -0.39 is 15.9 Å². The molecule has 0 radical (unpaired) electrons. The van der Waals surface area contributed by atoms with E-state index >= 15 is 0 Å². The van der Waals surface area contributed by atoms with Crippen LogP contribution in [0.5, 0.6) is 0 Å². The maximum absolute atomic E-state index is 13.0. The third-order valence-electron chi connectivity index (χ3n) is 4.83. The van der Waals surface area contributed by atoms with Gasteiger partial charge in [-0.2, -0.15) is 0 Å². The average Bonchev–Trinajstić information content (AvgIpc) is 2.70. The van der Waals surface area contributed by atoms with Crippen molar-refractivity contribution in [1.29, 1.82) is 0 Å².